The molecule has 130 valence electrons. The van der Waals surface area contributed by atoms with Crippen LogP contribution in [0.4, 0.5) is 0 Å². The molecule has 25 heavy (non-hydrogen) atoms. The number of likely N-dealkylation sites (tertiary alicyclic amines) is 1. The Morgan fingerprint density at radius 1 is 1.24 bits per heavy atom. The van der Waals surface area contributed by atoms with Crippen LogP contribution < -0.4 is 0 Å². The maximum Gasteiger partial charge on any atom is 0.354 e. The highest BCUT2D eigenvalue weighted by Crippen LogP contribution is 2.22. The van der Waals surface area contributed by atoms with Crippen molar-refractivity contribution in [3.63, 3.8) is 0 Å². The molecular formula is C19H20N2O3S. The van der Waals surface area contributed by atoms with Gasteiger partial charge >= 0.3 is 5.97 Å². The second-order valence-corrected chi connectivity index (χ2v) is 7.01. The zero-order valence-electron chi connectivity index (χ0n) is 13.8. The summed E-state index contributed by atoms with van der Waals surface area (Å²) in [4.78, 5) is 30.7. The van der Waals surface area contributed by atoms with Crippen molar-refractivity contribution >= 4 is 29.3 Å². The number of aromatic carboxylic acids is 1. The van der Waals surface area contributed by atoms with Gasteiger partial charge in [0, 0.05) is 17.6 Å². The number of amides is 1. The Labute approximate surface area is 150 Å². The summed E-state index contributed by atoms with van der Waals surface area (Å²) >= 11 is 1.67. The van der Waals surface area contributed by atoms with Crippen LogP contribution in [0.3, 0.4) is 0 Å². The zero-order chi connectivity index (χ0) is 17.6. The number of carboxylic acids is 1. The normalized spacial score (nSPS) is 18.2. The van der Waals surface area contributed by atoms with E-state index in [1.165, 1.54) is 17.1 Å². The quantitative estimate of drug-likeness (QED) is 0.901. The highest BCUT2D eigenvalue weighted by atomic mass is 32.1. The van der Waals surface area contributed by atoms with E-state index in [4.69, 9.17) is 5.11 Å². The minimum Gasteiger partial charge on any atom is -0.477 e. The molecule has 0 radical (unpaired) electrons. The van der Waals surface area contributed by atoms with Crippen molar-refractivity contribution in [2.24, 2.45) is 0 Å². The summed E-state index contributed by atoms with van der Waals surface area (Å²) in [5.41, 5.74) is 0.378. The van der Waals surface area contributed by atoms with E-state index in [0.717, 1.165) is 25.7 Å². The minimum absolute atomic E-state index is 0.0521. The van der Waals surface area contributed by atoms with Gasteiger partial charge in [-0.05, 0) is 42.5 Å². The van der Waals surface area contributed by atoms with Crippen LogP contribution in [-0.4, -0.2) is 39.5 Å². The van der Waals surface area contributed by atoms with E-state index in [1.54, 1.807) is 17.4 Å². The number of aromatic nitrogens is 1. The van der Waals surface area contributed by atoms with Crippen LogP contribution in [0, 0.1) is 0 Å². The molecule has 1 aliphatic rings. The summed E-state index contributed by atoms with van der Waals surface area (Å²) in [5, 5.41) is 11.0. The fraction of sp³-hybridized carbons (Fsp3) is 0.316. The number of carboxylic acid groups (broad SMARTS) is 1. The van der Waals surface area contributed by atoms with Crippen molar-refractivity contribution in [2.75, 3.05) is 6.54 Å². The van der Waals surface area contributed by atoms with Gasteiger partial charge in [-0.1, -0.05) is 25.0 Å². The molecule has 3 heterocycles. The SMILES string of the molecule is O=C(O)c1ccc(C(=O)N2CCCCCC2/C=C/c2cccs2)cn1. The molecule has 2 aromatic rings. The molecule has 3 rings (SSSR count). The Kier molecular flexibility index (Phi) is 5.60. The maximum absolute atomic E-state index is 12.9. The summed E-state index contributed by atoms with van der Waals surface area (Å²) in [6.45, 7) is 0.707. The lowest BCUT2D eigenvalue weighted by Crippen LogP contribution is -2.39. The standard InChI is InChI=1S/C19H20N2O3S/c22-18(14-7-10-17(19(23)24)20-13-14)21-11-3-1-2-5-15(21)8-9-16-6-4-12-25-16/h4,6-10,12-13,15H,1-3,5,11H2,(H,23,24)/b9-8+. The van der Waals surface area contributed by atoms with Crippen molar-refractivity contribution in [2.45, 2.75) is 31.7 Å². The van der Waals surface area contributed by atoms with Crippen LogP contribution >= 0.6 is 11.3 Å². The third-order valence-electron chi connectivity index (χ3n) is 4.32. The molecule has 1 unspecified atom stereocenters. The summed E-state index contributed by atoms with van der Waals surface area (Å²) < 4.78 is 0. The Hall–Kier alpha value is -2.47. The molecule has 0 saturated carbocycles. The van der Waals surface area contributed by atoms with Crippen LogP contribution in [0.25, 0.3) is 6.08 Å². The molecule has 5 nitrogen and oxygen atoms in total. The number of hydrogen-bond donors (Lipinski definition) is 1. The van der Waals surface area contributed by atoms with Crippen LogP contribution in [0.2, 0.25) is 0 Å². The van der Waals surface area contributed by atoms with Crippen molar-refractivity contribution in [3.05, 3.63) is 58.1 Å². The monoisotopic (exact) mass is 356 g/mol. The highest BCUT2D eigenvalue weighted by Gasteiger charge is 2.25. The first kappa shape index (κ1) is 17.4. The predicted octanol–water partition coefficient (Wildman–Crippen LogP) is 3.94. The van der Waals surface area contributed by atoms with Gasteiger partial charge in [0.1, 0.15) is 5.69 Å². The van der Waals surface area contributed by atoms with Crippen LogP contribution in [0.5, 0.6) is 0 Å². The molecule has 1 fully saturated rings. The van der Waals surface area contributed by atoms with Gasteiger partial charge in [-0.25, -0.2) is 9.78 Å². The highest BCUT2D eigenvalue weighted by molar-refractivity contribution is 7.10. The second kappa shape index (κ2) is 8.07. The zero-order valence-corrected chi connectivity index (χ0v) is 14.6. The van der Waals surface area contributed by atoms with E-state index in [1.807, 2.05) is 16.3 Å². The molecule has 1 saturated heterocycles. The first-order chi connectivity index (χ1) is 12.1. The third-order valence-corrected chi connectivity index (χ3v) is 5.15. The number of nitrogens with zero attached hydrogens (tertiary/aromatic N) is 2. The van der Waals surface area contributed by atoms with E-state index in [2.05, 4.69) is 23.2 Å². The van der Waals surface area contributed by atoms with Gasteiger partial charge in [0.15, 0.2) is 0 Å². The van der Waals surface area contributed by atoms with Gasteiger partial charge in [-0.3, -0.25) is 4.79 Å². The van der Waals surface area contributed by atoms with Crippen molar-refractivity contribution in [1.29, 1.82) is 0 Å². The lowest BCUT2D eigenvalue weighted by molar-refractivity contribution is 0.0683. The van der Waals surface area contributed by atoms with Crippen molar-refractivity contribution in [1.82, 2.24) is 9.88 Å². The van der Waals surface area contributed by atoms with Crippen LogP contribution in [0.15, 0.2) is 41.9 Å². The molecule has 1 atom stereocenters. The fourth-order valence-electron chi connectivity index (χ4n) is 2.99. The predicted molar refractivity (Wildman–Crippen MR) is 97.8 cm³/mol. The molecule has 0 aromatic carbocycles. The molecule has 0 bridgehead atoms. The molecule has 1 amide bonds. The number of thiophene rings is 1. The van der Waals surface area contributed by atoms with Gasteiger partial charge in [0.05, 0.1) is 11.6 Å². The summed E-state index contributed by atoms with van der Waals surface area (Å²) in [6, 6.07) is 7.04. The summed E-state index contributed by atoms with van der Waals surface area (Å²) in [6.07, 6.45) is 9.67. The van der Waals surface area contributed by atoms with Gasteiger partial charge < -0.3 is 10.0 Å². The van der Waals surface area contributed by atoms with E-state index in [0.29, 0.717) is 12.1 Å². The van der Waals surface area contributed by atoms with E-state index in [-0.39, 0.29) is 17.6 Å². The molecule has 6 heteroatoms. The molecule has 0 aliphatic carbocycles. The average Bonchev–Trinajstić information content (AvgIpc) is 3.04. The second-order valence-electron chi connectivity index (χ2n) is 6.03. The maximum atomic E-state index is 12.9. The third kappa shape index (κ3) is 4.33. The van der Waals surface area contributed by atoms with Gasteiger partial charge in [-0.15, -0.1) is 11.3 Å². The number of carbonyl (C=O) groups is 2. The number of carbonyl (C=O) groups excluding carboxylic acids is 1. The number of hydrogen-bond acceptors (Lipinski definition) is 4. The largest absolute Gasteiger partial charge is 0.477 e. The van der Waals surface area contributed by atoms with E-state index in [9.17, 15) is 9.59 Å². The Balaban J connectivity index is 1.80. The molecule has 1 N–H and O–H groups in total. The van der Waals surface area contributed by atoms with E-state index >= 15 is 0 Å². The first-order valence-electron chi connectivity index (χ1n) is 8.37. The Morgan fingerprint density at radius 3 is 2.80 bits per heavy atom. The average molecular weight is 356 g/mol. The lowest BCUT2D eigenvalue weighted by atomic mass is 10.1. The van der Waals surface area contributed by atoms with E-state index < -0.39 is 5.97 Å². The van der Waals surface area contributed by atoms with Gasteiger partial charge in [0.2, 0.25) is 0 Å². The Bertz CT molecular complexity index is 753. The van der Waals surface area contributed by atoms with Gasteiger partial charge in [0.25, 0.3) is 5.91 Å². The van der Waals surface area contributed by atoms with Crippen LogP contribution in [-0.2, 0) is 0 Å². The summed E-state index contributed by atoms with van der Waals surface area (Å²) in [5.74, 6) is -1.18. The fourth-order valence-corrected chi connectivity index (χ4v) is 3.62. The Morgan fingerprint density at radius 2 is 2.12 bits per heavy atom. The molecular weight excluding hydrogens is 336 g/mol. The topological polar surface area (TPSA) is 70.5 Å². The summed E-state index contributed by atoms with van der Waals surface area (Å²) in [7, 11) is 0. The molecule has 2 aromatic heterocycles. The number of pyridine rings is 1. The number of rotatable bonds is 4. The van der Waals surface area contributed by atoms with Crippen LogP contribution in [0.1, 0.15) is 51.4 Å². The van der Waals surface area contributed by atoms with Gasteiger partial charge in [-0.2, -0.15) is 0 Å². The molecule has 0 spiro atoms. The van der Waals surface area contributed by atoms with Crippen molar-refractivity contribution < 1.29 is 14.7 Å². The first-order valence-corrected chi connectivity index (χ1v) is 9.25. The molecule has 1 aliphatic heterocycles. The van der Waals surface area contributed by atoms with Crippen molar-refractivity contribution in [3.8, 4) is 0 Å². The minimum atomic E-state index is -1.09. The lowest BCUT2D eigenvalue weighted by Gasteiger charge is -2.28. The smallest absolute Gasteiger partial charge is 0.354 e.